The minimum atomic E-state index is -0.229. The summed E-state index contributed by atoms with van der Waals surface area (Å²) in [5, 5.41) is 0. The predicted octanol–water partition coefficient (Wildman–Crippen LogP) is 3.91. The van der Waals surface area contributed by atoms with Crippen molar-refractivity contribution in [3.05, 3.63) is 57.5 Å². The molecule has 0 aliphatic rings. The van der Waals surface area contributed by atoms with Gasteiger partial charge in [0.05, 0.1) is 0 Å². The van der Waals surface area contributed by atoms with Crippen LogP contribution in [0.4, 0.5) is 4.39 Å². The highest BCUT2D eigenvalue weighted by molar-refractivity contribution is 14.1. The molecule has 1 aromatic rings. The van der Waals surface area contributed by atoms with Crippen LogP contribution in [0.2, 0.25) is 0 Å². The number of allylic oxidation sites excluding steroid dienone is 3. The Kier molecular flexibility index (Phi) is 4.57. The molecule has 0 aliphatic heterocycles. The van der Waals surface area contributed by atoms with E-state index < -0.39 is 0 Å². The number of hydrogen-bond donors (Lipinski definition) is 0. The summed E-state index contributed by atoms with van der Waals surface area (Å²) >= 11 is 1.95. The molecule has 0 heterocycles. The lowest BCUT2D eigenvalue weighted by Gasteiger charge is -1.94. The summed E-state index contributed by atoms with van der Waals surface area (Å²) < 4.78 is 13.8. The molecule has 15 heavy (non-hydrogen) atoms. The Labute approximate surface area is 103 Å². The molecular weight excluding hydrogens is 302 g/mol. The van der Waals surface area contributed by atoms with Crippen LogP contribution in [0.1, 0.15) is 12.5 Å². The Morgan fingerprint density at radius 3 is 2.87 bits per heavy atom. The van der Waals surface area contributed by atoms with E-state index >= 15 is 0 Å². The highest BCUT2D eigenvalue weighted by atomic mass is 127. The lowest BCUT2D eigenvalue weighted by atomic mass is 10.2. The maximum absolute atomic E-state index is 13.1. The molecule has 0 saturated heterocycles. The van der Waals surface area contributed by atoms with Crippen LogP contribution in [0.3, 0.4) is 0 Å². The monoisotopic (exact) mass is 312 g/mol. The largest absolute Gasteiger partial charge is 0.206 e. The van der Waals surface area contributed by atoms with Crippen LogP contribution in [-0.4, -0.2) is 0 Å². The smallest absolute Gasteiger partial charge is 0.137 e. The number of halogens is 2. The molecule has 0 aliphatic carbocycles. The molecule has 2 heteroatoms. The molecule has 0 N–H and O–H groups in total. The zero-order valence-electron chi connectivity index (χ0n) is 8.35. The van der Waals surface area contributed by atoms with Gasteiger partial charge in [0, 0.05) is 9.13 Å². The Morgan fingerprint density at radius 2 is 2.27 bits per heavy atom. The molecule has 0 nitrogen and oxygen atoms in total. The van der Waals surface area contributed by atoms with Gasteiger partial charge in [-0.3, -0.25) is 0 Å². The molecule has 76 valence electrons. The van der Waals surface area contributed by atoms with Crippen molar-refractivity contribution in [1.82, 2.24) is 0 Å². The van der Waals surface area contributed by atoms with E-state index in [0.29, 0.717) is 9.13 Å². The summed E-state index contributed by atoms with van der Waals surface area (Å²) in [6.45, 7) is 5.46. The van der Waals surface area contributed by atoms with Gasteiger partial charge in [-0.05, 0) is 53.3 Å². The van der Waals surface area contributed by atoms with Crippen LogP contribution in [0.15, 0.2) is 42.5 Å². The van der Waals surface area contributed by atoms with Gasteiger partial charge in [0.1, 0.15) is 5.82 Å². The minimum Gasteiger partial charge on any atom is -0.206 e. The van der Waals surface area contributed by atoms with E-state index in [1.807, 2.05) is 35.6 Å². The lowest BCUT2D eigenvalue weighted by Crippen LogP contribution is -1.83. The van der Waals surface area contributed by atoms with Gasteiger partial charge < -0.3 is 0 Å². The average Bonchev–Trinajstić information content (AvgIpc) is 2.20. The van der Waals surface area contributed by atoms with E-state index in [1.165, 1.54) is 6.07 Å². The molecule has 0 fully saturated rings. The molecule has 0 bridgehead atoms. The SMILES string of the molecule is C=C/C=C(\C)C#Cc1ccc(I)c(F)c1. The second kappa shape index (κ2) is 5.72. The van der Waals surface area contributed by atoms with E-state index in [2.05, 4.69) is 18.4 Å². The first-order valence-corrected chi connectivity index (χ1v) is 5.48. The number of rotatable bonds is 1. The number of hydrogen-bond acceptors (Lipinski definition) is 0. The molecule has 0 radical (unpaired) electrons. The fourth-order valence-electron chi connectivity index (χ4n) is 0.963. The second-order valence-corrected chi connectivity index (χ2v) is 4.13. The van der Waals surface area contributed by atoms with Gasteiger partial charge in [-0.15, -0.1) is 0 Å². The van der Waals surface area contributed by atoms with Gasteiger partial charge in [-0.1, -0.05) is 30.6 Å². The van der Waals surface area contributed by atoms with Crippen LogP contribution in [0.25, 0.3) is 0 Å². The van der Waals surface area contributed by atoms with E-state index in [4.69, 9.17) is 0 Å². The molecule has 1 aromatic carbocycles. The van der Waals surface area contributed by atoms with Crippen molar-refractivity contribution < 1.29 is 4.39 Å². The first-order chi connectivity index (χ1) is 7.13. The van der Waals surface area contributed by atoms with Crippen LogP contribution in [0.5, 0.6) is 0 Å². The Balaban J connectivity index is 2.94. The second-order valence-electron chi connectivity index (χ2n) is 2.96. The van der Waals surface area contributed by atoms with E-state index in [0.717, 1.165) is 5.57 Å². The minimum absolute atomic E-state index is 0.229. The van der Waals surface area contributed by atoms with Crippen molar-refractivity contribution in [2.24, 2.45) is 0 Å². The maximum atomic E-state index is 13.1. The summed E-state index contributed by atoms with van der Waals surface area (Å²) in [4.78, 5) is 0. The van der Waals surface area contributed by atoms with Crippen LogP contribution in [0, 0.1) is 21.2 Å². The van der Waals surface area contributed by atoms with Crippen molar-refractivity contribution >= 4 is 22.6 Å². The van der Waals surface area contributed by atoms with Gasteiger partial charge in [0.25, 0.3) is 0 Å². The zero-order valence-corrected chi connectivity index (χ0v) is 10.5. The standard InChI is InChI=1S/C13H10FI/c1-3-4-10(2)5-6-11-7-8-13(15)12(14)9-11/h3-4,7-9H,1H2,2H3/b10-4+. The highest BCUT2D eigenvalue weighted by Crippen LogP contribution is 2.11. The summed E-state index contributed by atoms with van der Waals surface area (Å²) in [5.74, 6) is 5.58. The fraction of sp³-hybridized carbons (Fsp3) is 0.0769. The summed E-state index contributed by atoms with van der Waals surface area (Å²) in [6, 6.07) is 4.96. The van der Waals surface area contributed by atoms with Gasteiger partial charge in [0.15, 0.2) is 0 Å². The highest BCUT2D eigenvalue weighted by Gasteiger charge is 1.97. The molecule has 0 atom stereocenters. The first kappa shape index (κ1) is 12.0. The maximum Gasteiger partial charge on any atom is 0.137 e. The zero-order chi connectivity index (χ0) is 11.3. The third kappa shape index (κ3) is 3.88. The Bertz CT molecular complexity index is 461. The molecule has 0 amide bonds. The van der Waals surface area contributed by atoms with Crippen molar-refractivity contribution in [2.45, 2.75) is 6.92 Å². The topological polar surface area (TPSA) is 0 Å². The van der Waals surface area contributed by atoms with Crippen molar-refractivity contribution in [3.8, 4) is 11.8 Å². The first-order valence-electron chi connectivity index (χ1n) is 4.40. The molecule has 1 rings (SSSR count). The van der Waals surface area contributed by atoms with Crippen LogP contribution >= 0.6 is 22.6 Å². The van der Waals surface area contributed by atoms with E-state index in [9.17, 15) is 4.39 Å². The molecule has 0 spiro atoms. The predicted molar refractivity (Wildman–Crippen MR) is 69.9 cm³/mol. The third-order valence-corrected chi connectivity index (χ3v) is 2.57. The Morgan fingerprint density at radius 1 is 1.53 bits per heavy atom. The van der Waals surface area contributed by atoms with Crippen molar-refractivity contribution in [2.75, 3.05) is 0 Å². The number of benzene rings is 1. The normalized spacial score (nSPS) is 10.5. The van der Waals surface area contributed by atoms with E-state index in [-0.39, 0.29) is 5.82 Å². The van der Waals surface area contributed by atoms with Gasteiger partial charge in [0.2, 0.25) is 0 Å². The summed E-state index contributed by atoms with van der Waals surface area (Å²) in [7, 11) is 0. The third-order valence-electron chi connectivity index (χ3n) is 1.69. The van der Waals surface area contributed by atoms with Gasteiger partial charge in [-0.25, -0.2) is 4.39 Å². The molecule has 0 saturated carbocycles. The molecular formula is C13H10FI. The van der Waals surface area contributed by atoms with Gasteiger partial charge in [-0.2, -0.15) is 0 Å². The fourth-order valence-corrected chi connectivity index (χ4v) is 1.30. The quantitative estimate of drug-likeness (QED) is 0.419. The van der Waals surface area contributed by atoms with Crippen LogP contribution in [-0.2, 0) is 0 Å². The van der Waals surface area contributed by atoms with Gasteiger partial charge >= 0.3 is 0 Å². The average molecular weight is 312 g/mol. The van der Waals surface area contributed by atoms with Crippen LogP contribution < -0.4 is 0 Å². The van der Waals surface area contributed by atoms with Crippen molar-refractivity contribution in [1.29, 1.82) is 0 Å². The van der Waals surface area contributed by atoms with E-state index in [1.54, 1.807) is 18.2 Å². The molecule has 0 unspecified atom stereocenters. The summed E-state index contributed by atoms with van der Waals surface area (Å²) in [5.41, 5.74) is 1.59. The molecule has 0 aromatic heterocycles. The summed E-state index contributed by atoms with van der Waals surface area (Å²) in [6.07, 6.45) is 3.49. The Hall–Kier alpha value is -1.08. The van der Waals surface area contributed by atoms with Crippen molar-refractivity contribution in [3.63, 3.8) is 0 Å². The lowest BCUT2D eigenvalue weighted by molar-refractivity contribution is 0.620.